The summed E-state index contributed by atoms with van der Waals surface area (Å²) < 4.78 is 30.9. The topological polar surface area (TPSA) is 113 Å². The van der Waals surface area contributed by atoms with Crippen LogP contribution in [0.2, 0.25) is 0 Å². The lowest BCUT2D eigenvalue weighted by molar-refractivity contribution is -0.143. The van der Waals surface area contributed by atoms with E-state index in [1.807, 2.05) is 5.32 Å². The van der Waals surface area contributed by atoms with Gasteiger partial charge in [-0.05, 0) is 6.07 Å². The molecule has 0 spiro atoms. The number of nitrogens with one attached hydrogen (secondary N) is 1. The summed E-state index contributed by atoms with van der Waals surface area (Å²) >= 11 is 0. The van der Waals surface area contributed by atoms with Crippen molar-refractivity contribution in [2.75, 3.05) is 18.5 Å². The first-order valence-corrected chi connectivity index (χ1v) is 5.13. The maximum absolute atomic E-state index is 13.3. The van der Waals surface area contributed by atoms with Gasteiger partial charge in [0, 0.05) is 6.07 Å². The zero-order valence-electron chi connectivity index (χ0n) is 9.85. The molecule has 7 nitrogen and oxygen atoms in total. The molecule has 0 saturated heterocycles. The van der Waals surface area contributed by atoms with Crippen molar-refractivity contribution < 1.29 is 38.1 Å². The number of aliphatic carboxylic acids is 1. The number of carboxylic acid groups (broad SMARTS) is 2. The fraction of sp³-hybridized carbons (Fsp3) is 0.182. The molecule has 0 fully saturated rings. The van der Waals surface area contributed by atoms with Crippen LogP contribution in [-0.2, 0) is 14.3 Å². The molecule has 3 N–H and O–H groups in total. The number of ether oxygens (including phenoxy) is 1. The Kier molecular flexibility index (Phi) is 5.09. The van der Waals surface area contributed by atoms with Crippen LogP contribution in [0, 0.1) is 11.6 Å². The van der Waals surface area contributed by atoms with E-state index >= 15 is 0 Å². The first kappa shape index (κ1) is 15.5. The fourth-order valence-electron chi connectivity index (χ4n) is 1.23. The smallest absolute Gasteiger partial charge is 0.338 e. The number of carboxylic acids is 2. The standard InChI is InChI=1S/C11H9F2NO6/c12-6-2-7(13)8(1-5(6)11(18)19)14-9(15)3-20-4-10(16)17/h1-2H,3-4H2,(H,14,15)(H,16,17)(H,18,19). The zero-order chi connectivity index (χ0) is 15.3. The van der Waals surface area contributed by atoms with E-state index in [4.69, 9.17) is 10.2 Å². The predicted octanol–water partition coefficient (Wildman–Crippen LogP) is 0.703. The second kappa shape index (κ2) is 6.57. The summed E-state index contributed by atoms with van der Waals surface area (Å²) in [4.78, 5) is 32.1. The minimum absolute atomic E-state index is 0.317. The van der Waals surface area contributed by atoms with Crippen molar-refractivity contribution in [3.63, 3.8) is 0 Å². The second-order valence-electron chi connectivity index (χ2n) is 3.55. The minimum Gasteiger partial charge on any atom is -0.480 e. The highest BCUT2D eigenvalue weighted by molar-refractivity contribution is 5.94. The number of rotatable bonds is 6. The van der Waals surface area contributed by atoms with E-state index in [0.717, 1.165) is 0 Å². The molecule has 0 saturated carbocycles. The Labute approximate surface area is 110 Å². The normalized spacial score (nSPS) is 10.1. The third-order valence-corrected chi connectivity index (χ3v) is 2.02. The van der Waals surface area contributed by atoms with Gasteiger partial charge in [-0.1, -0.05) is 0 Å². The molecule has 0 heterocycles. The van der Waals surface area contributed by atoms with Crippen molar-refractivity contribution in [3.05, 3.63) is 29.3 Å². The summed E-state index contributed by atoms with van der Waals surface area (Å²) in [6.07, 6.45) is 0. The Bertz CT molecular complexity index is 560. The molecule has 1 rings (SSSR count). The highest BCUT2D eigenvalue weighted by atomic mass is 19.1. The summed E-state index contributed by atoms with van der Waals surface area (Å²) in [5, 5.41) is 18.9. The highest BCUT2D eigenvalue weighted by Gasteiger charge is 2.16. The highest BCUT2D eigenvalue weighted by Crippen LogP contribution is 2.19. The molecule has 1 aromatic carbocycles. The lowest BCUT2D eigenvalue weighted by Gasteiger charge is -2.08. The van der Waals surface area contributed by atoms with Gasteiger partial charge in [0.25, 0.3) is 0 Å². The number of amides is 1. The number of aromatic carboxylic acids is 1. The van der Waals surface area contributed by atoms with Crippen molar-refractivity contribution >= 4 is 23.5 Å². The van der Waals surface area contributed by atoms with Crippen LogP contribution >= 0.6 is 0 Å². The monoisotopic (exact) mass is 289 g/mol. The van der Waals surface area contributed by atoms with Gasteiger partial charge < -0.3 is 20.3 Å². The van der Waals surface area contributed by atoms with E-state index < -0.39 is 53.9 Å². The van der Waals surface area contributed by atoms with Crippen molar-refractivity contribution in [2.45, 2.75) is 0 Å². The molecule has 9 heteroatoms. The molecule has 0 aromatic heterocycles. The quantitative estimate of drug-likeness (QED) is 0.710. The van der Waals surface area contributed by atoms with E-state index in [1.54, 1.807) is 0 Å². The van der Waals surface area contributed by atoms with Gasteiger partial charge in [-0.25, -0.2) is 18.4 Å². The lowest BCUT2D eigenvalue weighted by Crippen LogP contribution is -2.21. The molecule has 0 atom stereocenters. The number of hydrogen-bond donors (Lipinski definition) is 3. The maximum atomic E-state index is 13.3. The summed E-state index contributed by atoms with van der Waals surface area (Å²) in [6.45, 7) is -1.40. The fourth-order valence-corrected chi connectivity index (χ4v) is 1.23. The van der Waals surface area contributed by atoms with Crippen molar-refractivity contribution in [3.8, 4) is 0 Å². The first-order valence-electron chi connectivity index (χ1n) is 5.13. The zero-order valence-corrected chi connectivity index (χ0v) is 9.85. The average molecular weight is 289 g/mol. The molecule has 0 aliphatic heterocycles. The van der Waals surface area contributed by atoms with Gasteiger partial charge in [0.05, 0.1) is 11.3 Å². The molecule has 1 amide bonds. The predicted molar refractivity (Wildman–Crippen MR) is 60.4 cm³/mol. The third kappa shape index (κ3) is 4.28. The molecule has 20 heavy (non-hydrogen) atoms. The first-order chi connectivity index (χ1) is 9.31. The van der Waals surface area contributed by atoms with Crippen LogP contribution in [-0.4, -0.2) is 41.3 Å². The number of carbonyl (C=O) groups excluding carboxylic acids is 1. The number of benzene rings is 1. The van der Waals surface area contributed by atoms with Crippen LogP contribution in [0.5, 0.6) is 0 Å². The van der Waals surface area contributed by atoms with Crippen LogP contribution in [0.3, 0.4) is 0 Å². The van der Waals surface area contributed by atoms with Gasteiger partial charge in [0.15, 0.2) is 0 Å². The summed E-state index contributed by atoms with van der Waals surface area (Å²) in [7, 11) is 0. The summed E-state index contributed by atoms with van der Waals surface area (Å²) in [5.74, 6) is -6.28. The Morgan fingerprint density at radius 1 is 1.10 bits per heavy atom. The van der Waals surface area contributed by atoms with E-state index in [9.17, 15) is 23.2 Å². The van der Waals surface area contributed by atoms with E-state index in [-0.39, 0.29) is 0 Å². The molecule has 0 bridgehead atoms. The van der Waals surface area contributed by atoms with E-state index in [0.29, 0.717) is 12.1 Å². The Morgan fingerprint density at radius 3 is 2.30 bits per heavy atom. The van der Waals surface area contributed by atoms with Gasteiger partial charge in [-0.15, -0.1) is 0 Å². The van der Waals surface area contributed by atoms with Gasteiger partial charge >= 0.3 is 11.9 Å². The van der Waals surface area contributed by atoms with Gasteiger partial charge in [0.2, 0.25) is 5.91 Å². The summed E-state index contributed by atoms with van der Waals surface area (Å²) in [6, 6.07) is 0.930. The third-order valence-electron chi connectivity index (χ3n) is 2.02. The van der Waals surface area contributed by atoms with Gasteiger partial charge in [-0.3, -0.25) is 4.79 Å². The van der Waals surface area contributed by atoms with Crippen molar-refractivity contribution in [1.82, 2.24) is 0 Å². The van der Waals surface area contributed by atoms with Gasteiger partial charge in [-0.2, -0.15) is 0 Å². The number of carbonyl (C=O) groups is 3. The number of anilines is 1. The molecule has 0 radical (unpaired) electrons. The SMILES string of the molecule is O=C(O)COCC(=O)Nc1cc(C(=O)O)c(F)cc1F. The van der Waals surface area contributed by atoms with Crippen LogP contribution in [0.4, 0.5) is 14.5 Å². The summed E-state index contributed by atoms with van der Waals surface area (Å²) in [5.41, 5.74) is -1.36. The molecule has 108 valence electrons. The molecular formula is C11H9F2NO6. The Hall–Kier alpha value is -2.55. The van der Waals surface area contributed by atoms with Crippen molar-refractivity contribution in [1.29, 1.82) is 0 Å². The van der Waals surface area contributed by atoms with Crippen LogP contribution in [0.1, 0.15) is 10.4 Å². The average Bonchev–Trinajstić information content (AvgIpc) is 2.31. The molecule has 0 aliphatic rings. The van der Waals surface area contributed by atoms with E-state index in [1.165, 1.54) is 0 Å². The lowest BCUT2D eigenvalue weighted by atomic mass is 10.2. The molecule has 0 unspecified atom stereocenters. The molecular weight excluding hydrogens is 280 g/mol. The van der Waals surface area contributed by atoms with Gasteiger partial charge in [0.1, 0.15) is 24.8 Å². The minimum atomic E-state index is -1.62. The second-order valence-corrected chi connectivity index (χ2v) is 3.55. The number of hydrogen-bond acceptors (Lipinski definition) is 4. The largest absolute Gasteiger partial charge is 0.480 e. The van der Waals surface area contributed by atoms with E-state index in [2.05, 4.69) is 4.74 Å². The molecule has 1 aromatic rings. The molecule has 0 aliphatic carbocycles. The Morgan fingerprint density at radius 2 is 1.75 bits per heavy atom. The van der Waals surface area contributed by atoms with Crippen LogP contribution < -0.4 is 5.32 Å². The van der Waals surface area contributed by atoms with Crippen LogP contribution in [0.15, 0.2) is 12.1 Å². The van der Waals surface area contributed by atoms with Crippen molar-refractivity contribution in [2.24, 2.45) is 0 Å². The Balaban J connectivity index is 2.76. The number of halogens is 2. The van der Waals surface area contributed by atoms with Crippen LogP contribution in [0.25, 0.3) is 0 Å². The maximum Gasteiger partial charge on any atom is 0.338 e.